The molecule has 3 aromatic heterocycles. The van der Waals surface area contributed by atoms with Crippen LogP contribution in [-0.2, 0) is 9.59 Å². The molecule has 0 fully saturated rings. The average molecular weight is 407 g/mol. The van der Waals surface area contributed by atoms with Gasteiger partial charge in [0.25, 0.3) is 0 Å². The minimum Gasteiger partial charge on any atom is -0.415 e. The van der Waals surface area contributed by atoms with Gasteiger partial charge in [-0.2, -0.15) is 4.39 Å². The molecule has 7 nitrogen and oxygen atoms in total. The van der Waals surface area contributed by atoms with Crippen LogP contribution in [0.3, 0.4) is 0 Å². The third kappa shape index (κ3) is 2.88. The summed E-state index contributed by atoms with van der Waals surface area (Å²) in [5.74, 6) is -3.48. The number of hydrogen-bond donors (Lipinski definition) is 0. The number of imidazole rings is 1. The molecule has 0 N–H and O–H groups in total. The monoisotopic (exact) mass is 407 g/mol. The first-order valence-electron chi connectivity index (χ1n) is 8.44. The fourth-order valence-electron chi connectivity index (χ4n) is 2.98. The molecule has 0 saturated heterocycles. The first kappa shape index (κ1) is 17.3. The van der Waals surface area contributed by atoms with E-state index in [1.807, 2.05) is 23.6 Å². The normalized spacial score (nSPS) is 13.6. The molecule has 1 aliphatic rings. The van der Waals surface area contributed by atoms with Crippen LogP contribution in [0.4, 0.5) is 4.39 Å². The number of esters is 2. The molecule has 0 atom stereocenters. The minimum absolute atomic E-state index is 0.0781. The molecule has 4 heterocycles. The Hall–Kier alpha value is -3.85. The van der Waals surface area contributed by atoms with E-state index in [4.69, 9.17) is 9.47 Å². The first-order valence-corrected chi connectivity index (χ1v) is 9.32. The van der Waals surface area contributed by atoms with Crippen molar-refractivity contribution in [3.05, 3.63) is 64.5 Å². The van der Waals surface area contributed by atoms with Gasteiger partial charge in [0.05, 0.1) is 5.52 Å². The zero-order valence-corrected chi connectivity index (χ0v) is 15.4. The third-order valence-corrected chi connectivity index (χ3v) is 5.06. The van der Waals surface area contributed by atoms with Crippen LogP contribution in [0.25, 0.3) is 29.0 Å². The van der Waals surface area contributed by atoms with Crippen molar-refractivity contribution in [1.29, 1.82) is 0 Å². The van der Waals surface area contributed by atoms with Crippen molar-refractivity contribution < 1.29 is 23.5 Å². The lowest BCUT2D eigenvalue weighted by Gasteiger charge is -2.07. The average Bonchev–Trinajstić information content (AvgIpc) is 3.35. The first-order chi connectivity index (χ1) is 14.1. The zero-order chi connectivity index (χ0) is 20.0. The van der Waals surface area contributed by atoms with Crippen LogP contribution in [0, 0.1) is 5.82 Å². The van der Waals surface area contributed by atoms with Gasteiger partial charge in [0, 0.05) is 17.1 Å². The summed E-state index contributed by atoms with van der Waals surface area (Å²) in [5.41, 5.74) is 0.456. The number of ether oxygens (including phenoxy) is 2. The van der Waals surface area contributed by atoms with Crippen LogP contribution in [0.5, 0.6) is 11.5 Å². The van der Waals surface area contributed by atoms with E-state index in [1.165, 1.54) is 6.07 Å². The number of aromatic nitrogens is 3. The maximum absolute atomic E-state index is 14.7. The summed E-state index contributed by atoms with van der Waals surface area (Å²) in [6.45, 7) is 0. The van der Waals surface area contributed by atoms with E-state index < -0.39 is 29.3 Å². The van der Waals surface area contributed by atoms with Gasteiger partial charge in [-0.1, -0.05) is 12.1 Å². The van der Waals surface area contributed by atoms with Crippen molar-refractivity contribution in [2.45, 2.75) is 0 Å². The summed E-state index contributed by atoms with van der Waals surface area (Å²) in [5, 5.41) is 1.95. The third-order valence-electron chi connectivity index (χ3n) is 4.22. The predicted molar refractivity (Wildman–Crippen MR) is 103 cm³/mol. The van der Waals surface area contributed by atoms with Crippen LogP contribution in [0.2, 0.25) is 0 Å². The molecule has 5 rings (SSSR count). The number of hydrogen-bond acceptors (Lipinski definition) is 7. The summed E-state index contributed by atoms with van der Waals surface area (Å²) in [4.78, 5) is 33.2. The van der Waals surface area contributed by atoms with E-state index in [1.54, 1.807) is 46.4 Å². The SMILES string of the molecule is O=C1Oc2cc3c(nc(/C=C/c4cccs4)n3-c3ccccn3)c(c2F)OC1=O. The quantitative estimate of drug-likeness (QED) is 0.293. The lowest BCUT2D eigenvalue weighted by molar-refractivity contribution is -0.155. The highest BCUT2D eigenvalue weighted by Gasteiger charge is 2.32. The number of pyridine rings is 1. The highest BCUT2D eigenvalue weighted by Crippen LogP contribution is 2.38. The van der Waals surface area contributed by atoms with E-state index in [0.29, 0.717) is 17.2 Å². The van der Waals surface area contributed by atoms with Crippen molar-refractivity contribution in [3.8, 4) is 17.3 Å². The molecule has 4 aromatic rings. The van der Waals surface area contributed by atoms with Crippen molar-refractivity contribution >= 4 is 46.5 Å². The van der Waals surface area contributed by atoms with E-state index in [9.17, 15) is 14.0 Å². The number of thiophene rings is 1. The second kappa shape index (κ2) is 6.64. The number of nitrogens with zero attached hydrogens (tertiary/aromatic N) is 3. The summed E-state index contributed by atoms with van der Waals surface area (Å²) >= 11 is 1.55. The van der Waals surface area contributed by atoms with Gasteiger partial charge in [-0.15, -0.1) is 11.3 Å². The maximum atomic E-state index is 14.7. The molecule has 1 aliphatic heterocycles. The lowest BCUT2D eigenvalue weighted by atomic mass is 10.2. The minimum atomic E-state index is -1.31. The Balaban J connectivity index is 1.80. The van der Waals surface area contributed by atoms with E-state index >= 15 is 0 Å². The molecule has 142 valence electrons. The van der Waals surface area contributed by atoms with Gasteiger partial charge in [0.1, 0.15) is 17.2 Å². The van der Waals surface area contributed by atoms with Crippen molar-refractivity contribution in [1.82, 2.24) is 14.5 Å². The molecular weight excluding hydrogens is 397 g/mol. The number of rotatable bonds is 3. The Kier molecular flexibility index (Phi) is 3.95. The van der Waals surface area contributed by atoms with E-state index in [-0.39, 0.29) is 5.52 Å². The summed E-state index contributed by atoms with van der Waals surface area (Å²) in [6, 6.07) is 10.5. The van der Waals surface area contributed by atoms with Gasteiger partial charge in [-0.25, -0.2) is 19.6 Å². The molecular formula is C20H10FN3O4S. The molecule has 2 bridgehead atoms. The van der Waals surface area contributed by atoms with Crippen molar-refractivity contribution in [3.63, 3.8) is 0 Å². The van der Waals surface area contributed by atoms with Gasteiger partial charge < -0.3 is 9.47 Å². The molecule has 0 aliphatic carbocycles. The maximum Gasteiger partial charge on any atom is 0.423 e. The lowest BCUT2D eigenvalue weighted by Crippen LogP contribution is -2.23. The van der Waals surface area contributed by atoms with Crippen LogP contribution in [0.1, 0.15) is 10.7 Å². The van der Waals surface area contributed by atoms with Gasteiger partial charge >= 0.3 is 11.9 Å². The number of carbonyl (C=O) groups is 2. The second-order valence-corrected chi connectivity index (χ2v) is 6.99. The van der Waals surface area contributed by atoms with E-state index in [2.05, 4.69) is 9.97 Å². The number of benzene rings is 1. The van der Waals surface area contributed by atoms with Gasteiger partial charge in [0.2, 0.25) is 5.82 Å². The topological polar surface area (TPSA) is 83.3 Å². The van der Waals surface area contributed by atoms with E-state index in [0.717, 1.165) is 4.88 Å². The molecule has 1 aromatic carbocycles. The van der Waals surface area contributed by atoms with Crippen LogP contribution in [-0.4, -0.2) is 26.5 Å². The summed E-state index contributed by atoms with van der Waals surface area (Å²) < 4.78 is 26.1. The molecule has 0 spiro atoms. The highest BCUT2D eigenvalue weighted by molar-refractivity contribution is 7.10. The second-order valence-electron chi connectivity index (χ2n) is 6.01. The van der Waals surface area contributed by atoms with Gasteiger partial charge in [-0.05, 0) is 35.7 Å². The Labute approximate surface area is 166 Å². The molecule has 0 radical (unpaired) electrons. The fourth-order valence-corrected chi connectivity index (χ4v) is 3.60. The van der Waals surface area contributed by atoms with Crippen LogP contribution >= 0.6 is 11.3 Å². The Bertz CT molecular complexity index is 1300. The van der Waals surface area contributed by atoms with Crippen LogP contribution in [0.15, 0.2) is 48.0 Å². The molecule has 0 unspecified atom stereocenters. The van der Waals surface area contributed by atoms with Gasteiger partial charge in [-0.3, -0.25) is 4.57 Å². The fraction of sp³-hybridized carbons (Fsp3) is 0. The Morgan fingerprint density at radius 3 is 2.69 bits per heavy atom. The number of halogens is 1. The largest absolute Gasteiger partial charge is 0.423 e. The smallest absolute Gasteiger partial charge is 0.415 e. The Morgan fingerprint density at radius 1 is 1.07 bits per heavy atom. The highest BCUT2D eigenvalue weighted by atomic mass is 32.1. The van der Waals surface area contributed by atoms with Gasteiger partial charge in [0.15, 0.2) is 11.5 Å². The van der Waals surface area contributed by atoms with Crippen molar-refractivity contribution in [2.75, 3.05) is 0 Å². The number of carbonyl (C=O) groups excluding carboxylic acids is 2. The molecule has 0 amide bonds. The Morgan fingerprint density at radius 2 is 1.93 bits per heavy atom. The number of fused-ring (bicyclic) bond motifs is 4. The summed E-state index contributed by atoms with van der Waals surface area (Å²) in [7, 11) is 0. The molecule has 29 heavy (non-hydrogen) atoms. The summed E-state index contributed by atoms with van der Waals surface area (Å²) in [6.07, 6.45) is 5.22. The van der Waals surface area contributed by atoms with Crippen molar-refractivity contribution in [2.24, 2.45) is 0 Å². The molecule has 9 heteroatoms. The zero-order valence-electron chi connectivity index (χ0n) is 14.5. The predicted octanol–water partition coefficient (Wildman–Crippen LogP) is 3.62. The standard InChI is InChI=1S/C20H10FN3O4S/c21-16-13-10-12-17(18(16)28-20(26)19(25)27-13)23-15(7-6-11-4-3-9-29-11)24(12)14-5-1-2-8-22-14/h1-10H/b7-6+. The van der Waals surface area contributed by atoms with Crippen LogP contribution < -0.4 is 9.47 Å². The molecule has 0 saturated carbocycles.